The maximum atomic E-state index is 15.5. The number of hydrogen-bond acceptors (Lipinski definition) is 25. The van der Waals surface area contributed by atoms with Gasteiger partial charge in [-0.1, -0.05) is 103 Å². The van der Waals surface area contributed by atoms with Crippen LogP contribution in [0.15, 0.2) is 177 Å². The highest BCUT2D eigenvalue weighted by Crippen LogP contribution is 2.28. The van der Waals surface area contributed by atoms with Crippen LogP contribution in [0.1, 0.15) is 82.4 Å². The number of aliphatic hydroxyl groups excluding tert-OH is 1. The van der Waals surface area contributed by atoms with Gasteiger partial charge in [-0.25, -0.2) is 15.2 Å². The van der Waals surface area contributed by atoms with Crippen LogP contribution in [-0.2, 0) is 94.4 Å². The first-order valence-electron chi connectivity index (χ1n) is 46.4. The number of primary amides is 1. The van der Waals surface area contributed by atoms with Crippen LogP contribution in [0.2, 0.25) is 0 Å². The number of ether oxygens (including phenoxy) is 1. The third kappa shape index (κ3) is 33.4. The Kier molecular flexibility index (Phi) is 39.8. The largest absolute Gasteiger partial charge is 0.508 e. The molecule has 11 rings (SSSR count). The minimum atomic E-state index is -1.97. The number of aromatic amines is 3. The fourth-order valence-electron chi connectivity index (χ4n) is 16.7. The van der Waals surface area contributed by atoms with Gasteiger partial charge in [-0.15, -0.1) is 0 Å². The van der Waals surface area contributed by atoms with Crippen molar-refractivity contribution in [2.45, 2.75) is 125 Å². The van der Waals surface area contributed by atoms with E-state index in [1.807, 2.05) is 5.43 Å². The molecule has 2 fully saturated rings. The summed E-state index contributed by atoms with van der Waals surface area (Å²) in [4.78, 5) is 234. The van der Waals surface area contributed by atoms with Crippen LogP contribution in [0.5, 0.6) is 17.2 Å². The van der Waals surface area contributed by atoms with E-state index in [1.165, 1.54) is 41.7 Å². The number of nitrogens with zero attached hydrogens (tertiary/aromatic N) is 6. The summed E-state index contributed by atoms with van der Waals surface area (Å²) in [7, 11) is 0. The lowest BCUT2D eigenvalue weighted by molar-refractivity contribution is -0.142. The number of ketones is 1. The van der Waals surface area contributed by atoms with Crippen LogP contribution >= 0.6 is 0 Å². The zero-order chi connectivity index (χ0) is 103. The van der Waals surface area contributed by atoms with Gasteiger partial charge in [0.15, 0.2) is 17.7 Å². The van der Waals surface area contributed by atoms with E-state index in [4.69, 9.17) is 32.8 Å². The number of urea groups is 1. The number of hydrogen-bond donors (Lipinski definition) is 25. The normalized spacial score (nSPS) is 15.6. The van der Waals surface area contributed by atoms with Crippen molar-refractivity contribution in [2.75, 3.05) is 105 Å². The van der Waals surface area contributed by atoms with Crippen LogP contribution < -0.4 is 86.0 Å². The molecule has 2 aliphatic rings. The zero-order valence-corrected chi connectivity index (χ0v) is 78.2. The number of benzene rings is 6. The molecule has 9 aromatic rings. The van der Waals surface area contributed by atoms with E-state index >= 15 is 38.4 Å². The topological polar surface area (TPSA) is 713 Å². The Balaban J connectivity index is 0.860. The van der Waals surface area contributed by atoms with Crippen molar-refractivity contribution >= 4 is 123 Å². The van der Waals surface area contributed by atoms with Crippen LogP contribution in [0.3, 0.4) is 0 Å². The molecule has 47 nitrogen and oxygen atoms in total. The number of para-hydroxylation sites is 2. The molecule has 0 spiro atoms. The molecule has 12 amide bonds. The van der Waals surface area contributed by atoms with Crippen molar-refractivity contribution in [2.24, 2.45) is 17.2 Å². The quantitative estimate of drug-likeness (QED) is 0.00656. The van der Waals surface area contributed by atoms with E-state index in [-0.39, 0.29) is 147 Å². The second-order valence-electron chi connectivity index (χ2n) is 34.6. The Hall–Kier alpha value is -16.4. The Bertz CT molecular complexity index is 5900. The number of nitrogens with two attached hydrogens (primary N) is 3. The predicted octanol–water partition coefficient (Wildman–Crippen LogP) is -1.82. The number of H-pyrrole nitrogens is 3. The third-order valence-corrected chi connectivity index (χ3v) is 24.0. The summed E-state index contributed by atoms with van der Waals surface area (Å²) in [6.07, 6.45) is 4.18. The van der Waals surface area contributed by atoms with Crippen molar-refractivity contribution in [1.82, 2.24) is 108 Å². The van der Waals surface area contributed by atoms with Crippen molar-refractivity contribution in [1.29, 1.82) is 10.8 Å². The van der Waals surface area contributed by atoms with Gasteiger partial charge in [0.2, 0.25) is 53.2 Å². The van der Waals surface area contributed by atoms with Crippen molar-refractivity contribution in [3.63, 3.8) is 0 Å². The molecule has 9 atom stereocenters. The number of likely N-dealkylation sites (tertiary alicyclic amines) is 1. The molecule has 0 unspecified atom stereocenters. The number of carbonyl (C=O) groups is 15. The van der Waals surface area contributed by atoms with E-state index in [9.17, 15) is 59.1 Å². The number of aromatic nitrogens is 4. The maximum Gasteiger partial charge on any atom is 0.330 e. The lowest BCUT2D eigenvalue weighted by Crippen LogP contribution is -2.62. The lowest BCUT2D eigenvalue weighted by atomic mass is 9.98. The average molecular weight is 1970 g/mol. The van der Waals surface area contributed by atoms with Crippen LogP contribution in [-0.4, -0.2) is 330 Å². The Labute approximate surface area is 820 Å². The molecular formula is C96H120N26O21. The minimum Gasteiger partial charge on any atom is -0.508 e. The molecule has 6 aromatic carbocycles. The van der Waals surface area contributed by atoms with Crippen LogP contribution in [0, 0.1) is 10.8 Å². The summed E-state index contributed by atoms with van der Waals surface area (Å²) >= 11 is 0. The van der Waals surface area contributed by atoms with E-state index in [1.54, 1.807) is 159 Å². The Morgan fingerprint density at radius 3 is 1.29 bits per heavy atom. The predicted molar refractivity (Wildman–Crippen MR) is 520 cm³/mol. The molecule has 0 aliphatic carbocycles. The molecule has 0 bridgehead atoms. The standard InChI is InChI=1S/C96H120N26O21/c97-94(98)103-32-8-17-71(109-87(135)73(43-58-22-28-65(29-23-58)143-66-30-26-64(124)27-31-66)108-80(125)51-118-35-37-119(52-81(126)127)39-41-121(54-83(130)131)42-40-120(38-36-118)53-82(128)129)85(133)112-75(46-62-49-106-70-16-7-5-14-68(62)70)89(137)115-78(55-123)91(139)113-76(47-63-50-102-56-107-63)90(138)110-72(18-9-33-104-95(99)100)86(134)111-74(45-61-48-105-69-15-6-4-13-67(61)69)88(136)114-77(93(141)122-34-10-19-79(122)92(140)116-117-96(101)142)44-57-20-24-60(25-21-57)84(132)59-11-2-1-3-12-59/h1-7,11-16,20-31,48-50,56,71-79,105-106,123-124H,8-10,17-19,32-47,51-55H2,(H,102,107)(H,108,125)(H,109,135)(H,110,138)(H,111,134)(H,112,133)(H,113,139)(H,114,136)(H,115,137)(H,116,140)(H,126,127)(H,128,129)(H,130,131)(H4,97,98,103)(H4,99,100,104)(H3,101,117,142)/t71-,72+,73-,74-,75-,76-,77-,78-,79-/m0/s1. The number of carboxylic acid groups (broad SMARTS) is 3. The molecular weight excluding hydrogens is 1850 g/mol. The smallest absolute Gasteiger partial charge is 0.330 e. The summed E-state index contributed by atoms with van der Waals surface area (Å²) in [5, 5.41) is 95.0. The summed E-state index contributed by atoms with van der Waals surface area (Å²) in [5.74, 6) is -13.6. The molecule has 0 radical (unpaired) electrons. The number of imidazole rings is 1. The van der Waals surface area contributed by atoms with Gasteiger partial charge >= 0.3 is 23.9 Å². The highest BCUT2D eigenvalue weighted by atomic mass is 16.5. The number of fused-ring (bicyclic) bond motifs is 2. The third-order valence-electron chi connectivity index (χ3n) is 24.0. The number of amides is 12. The molecule has 760 valence electrons. The van der Waals surface area contributed by atoms with Gasteiger partial charge < -0.3 is 120 Å². The van der Waals surface area contributed by atoms with Gasteiger partial charge in [0.1, 0.15) is 71.6 Å². The number of carbonyl (C=O) groups excluding carboxylic acids is 12. The van der Waals surface area contributed by atoms with Crippen LogP contribution in [0.25, 0.3) is 21.8 Å². The van der Waals surface area contributed by atoms with Crippen LogP contribution in [0.4, 0.5) is 4.79 Å². The molecule has 3 aromatic heterocycles. The first-order valence-corrected chi connectivity index (χ1v) is 46.4. The Morgan fingerprint density at radius 1 is 0.434 bits per heavy atom. The first kappa shape index (κ1) is 107. The van der Waals surface area contributed by atoms with E-state index in [0.29, 0.717) is 73.1 Å². The SMILES string of the molecule is N=C(N)NCCC[C@H](NC(=O)[C@H](Cc1ccc(Oc2ccc(O)cc2)cc1)NC(=O)CN1CCN(CC(=O)O)CCN(CC(=O)O)CCN(CC(=O)O)CC1)C(=O)N[C@@H](Cc1c[nH]c2ccccc12)C(=O)N[C@@H](CO)C(=O)N[C@@H](Cc1cnc[nH]1)C(=O)N[C@H](CCCNC(=N)N)C(=O)N[C@@H](Cc1c[nH]c2ccccc12)C(=O)N[C@@H](Cc1ccc(C(=O)c2ccccc2)cc1)C(=O)N1CCC[C@H]1C(=O)NNC(N)=O. The molecule has 143 heavy (non-hydrogen) atoms. The lowest BCUT2D eigenvalue weighted by Gasteiger charge is -2.33. The fraction of sp³-hybridized carbons (Fsp3) is 0.375. The number of nitrogens with one attached hydrogen (secondary N) is 17. The second-order valence-corrected chi connectivity index (χ2v) is 34.6. The minimum absolute atomic E-state index is 0.00258. The fourth-order valence-corrected chi connectivity index (χ4v) is 16.7. The van der Waals surface area contributed by atoms with Gasteiger partial charge in [-0.3, -0.25) is 103 Å². The summed E-state index contributed by atoms with van der Waals surface area (Å²) in [5.41, 5.74) is 24.9. The van der Waals surface area contributed by atoms with Crippen molar-refractivity contribution < 1.29 is 102 Å². The number of guanidine groups is 2. The highest BCUT2D eigenvalue weighted by molar-refractivity contribution is 6.09. The number of phenolic OH excluding ortho intramolecular Hbond substituents is 1. The highest BCUT2D eigenvalue weighted by Gasteiger charge is 2.41. The molecule has 0 saturated carbocycles. The zero-order valence-electron chi connectivity index (χ0n) is 78.2. The van der Waals surface area contributed by atoms with Gasteiger partial charge in [0, 0.05) is 161 Å². The van der Waals surface area contributed by atoms with Gasteiger partial charge in [-0.05, 0) is 109 Å². The monoisotopic (exact) mass is 1970 g/mol. The number of aromatic hydroxyl groups is 1. The van der Waals surface area contributed by atoms with Gasteiger partial charge in [0.25, 0.3) is 5.91 Å². The molecule has 2 saturated heterocycles. The van der Waals surface area contributed by atoms with E-state index < -0.39 is 189 Å². The Morgan fingerprint density at radius 2 is 0.832 bits per heavy atom. The van der Waals surface area contributed by atoms with Gasteiger partial charge in [-0.2, -0.15) is 0 Å². The summed E-state index contributed by atoms with van der Waals surface area (Å²) < 4.78 is 5.99. The number of rotatable bonds is 48. The van der Waals surface area contributed by atoms with Gasteiger partial charge in [0.05, 0.1) is 39.1 Å². The van der Waals surface area contributed by atoms with E-state index in [2.05, 4.69) is 78.5 Å². The number of hydrazine groups is 1. The van der Waals surface area contributed by atoms with Crippen molar-refractivity contribution in [3.05, 3.63) is 216 Å². The average Bonchev–Trinajstić information content (AvgIpc) is 1.65. The number of aliphatic hydroxyl groups is 1. The van der Waals surface area contributed by atoms with E-state index in [0.717, 1.165) is 0 Å². The number of phenols is 1. The number of carboxylic acids is 3. The summed E-state index contributed by atoms with van der Waals surface area (Å²) in [6, 6.07) is 25.5. The molecule has 2 aliphatic heterocycles. The maximum absolute atomic E-state index is 15.5. The summed E-state index contributed by atoms with van der Waals surface area (Å²) in [6.45, 7) is -2.60. The molecule has 28 N–H and O–H groups in total. The molecule has 47 heteroatoms. The second kappa shape index (κ2) is 53.1. The van der Waals surface area contributed by atoms with Crippen molar-refractivity contribution in [3.8, 4) is 17.2 Å². The number of aliphatic carboxylic acids is 3. The first-order chi connectivity index (χ1) is 68.7. The molecule has 5 heterocycles.